The lowest BCUT2D eigenvalue weighted by molar-refractivity contribution is -0.137. The third kappa shape index (κ3) is 4.81. The fourth-order valence-electron chi connectivity index (χ4n) is 3.43. The number of benzene rings is 1. The minimum absolute atomic E-state index is 0. The van der Waals surface area contributed by atoms with Crippen molar-refractivity contribution in [1.29, 1.82) is 0 Å². The molecule has 0 aromatic heterocycles. The summed E-state index contributed by atoms with van der Waals surface area (Å²) in [7, 11) is 0. The van der Waals surface area contributed by atoms with E-state index in [9.17, 15) is 18.0 Å². The molecule has 2 aliphatic rings. The zero-order valence-corrected chi connectivity index (χ0v) is 15.1. The van der Waals surface area contributed by atoms with E-state index < -0.39 is 11.7 Å². The zero-order valence-electron chi connectivity index (χ0n) is 14.2. The van der Waals surface area contributed by atoms with Crippen LogP contribution in [0.1, 0.15) is 23.5 Å². The fraction of sp³-hybridized carbons (Fsp3) is 0.588. The van der Waals surface area contributed by atoms with Crippen LogP contribution in [-0.2, 0) is 10.9 Å². The number of rotatable bonds is 1. The highest BCUT2D eigenvalue weighted by molar-refractivity contribution is 5.85. The maximum Gasteiger partial charge on any atom is 0.416 e. The van der Waals surface area contributed by atoms with Crippen molar-refractivity contribution in [3.05, 3.63) is 35.4 Å². The Balaban J connectivity index is 0.00000243. The van der Waals surface area contributed by atoms with E-state index in [1.165, 1.54) is 12.1 Å². The zero-order chi connectivity index (χ0) is 18.0. The van der Waals surface area contributed by atoms with Crippen LogP contribution in [0.25, 0.3) is 0 Å². The molecule has 2 saturated heterocycles. The lowest BCUT2D eigenvalue weighted by atomic mass is 9.88. The molecule has 2 aliphatic heterocycles. The number of nitrogens with zero attached hydrogens (tertiary/aromatic N) is 2. The van der Waals surface area contributed by atoms with Gasteiger partial charge in [0.1, 0.15) is 0 Å². The molecule has 2 heterocycles. The lowest BCUT2D eigenvalue weighted by Crippen LogP contribution is -2.54. The van der Waals surface area contributed by atoms with Gasteiger partial charge < -0.3 is 20.3 Å². The molecule has 2 unspecified atom stereocenters. The molecule has 2 atom stereocenters. The second kappa shape index (κ2) is 8.45. The van der Waals surface area contributed by atoms with Crippen molar-refractivity contribution < 1.29 is 22.7 Å². The number of alkyl halides is 3. The third-order valence-corrected chi connectivity index (χ3v) is 4.74. The van der Waals surface area contributed by atoms with Crippen LogP contribution in [0.5, 0.6) is 0 Å². The topological polar surface area (TPSA) is 58.8 Å². The Labute approximate surface area is 156 Å². The molecule has 0 bridgehead atoms. The standard InChI is InChI=1S/C17H22F3N3O2.ClH/c18-17(19,20)14-3-1-12(2-4-14)13-9-15(21)11-23(10-13)16(24)22-5-7-25-8-6-22;/h1-4,13,15H,5-11,21H2;1H. The van der Waals surface area contributed by atoms with Crippen LogP contribution in [0.2, 0.25) is 0 Å². The van der Waals surface area contributed by atoms with Crippen LogP contribution in [-0.4, -0.2) is 61.3 Å². The molecule has 2 amide bonds. The Morgan fingerprint density at radius 1 is 1.08 bits per heavy atom. The molecule has 5 nitrogen and oxygen atoms in total. The number of morpholine rings is 1. The average Bonchev–Trinajstić information content (AvgIpc) is 2.60. The molecule has 0 spiro atoms. The van der Waals surface area contributed by atoms with E-state index in [0.29, 0.717) is 45.8 Å². The number of nitrogens with two attached hydrogens (primary N) is 1. The summed E-state index contributed by atoms with van der Waals surface area (Å²) in [5.74, 6) is -0.0592. The largest absolute Gasteiger partial charge is 0.416 e. The smallest absolute Gasteiger partial charge is 0.378 e. The number of hydrogen-bond donors (Lipinski definition) is 1. The normalized spacial score (nSPS) is 24.2. The van der Waals surface area contributed by atoms with E-state index >= 15 is 0 Å². The molecule has 1 aromatic rings. The number of likely N-dealkylation sites (tertiary alicyclic amines) is 1. The molecule has 0 radical (unpaired) electrons. The number of urea groups is 1. The second-order valence-electron chi connectivity index (χ2n) is 6.60. The van der Waals surface area contributed by atoms with Gasteiger partial charge in [-0.2, -0.15) is 13.2 Å². The van der Waals surface area contributed by atoms with Crippen molar-refractivity contribution in [3.63, 3.8) is 0 Å². The van der Waals surface area contributed by atoms with Gasteiger partial charge in [0.25, 0.3) is 0 Å². The number of piperidine rings is 1. The van der Waals surface area contributed by atoms with E-state index in [2.05, 4.69) is 0 Å². The Bertz CT molecular complexity index is 606. The number of carbonyl (C=O) groups excluding carboxylic acids is 1. The first-order valence-corrected chi connectivity index (χ1v) is 8.39. The van der Waals surface area contributed by atoms with Crippen LogP contribution in [0.4, 0.5) is 18.0 Å². The van der Waals surface area contributed by atoms with Gasteiger partial charge in [-0.05, 0) is 24.1 Å². The summed E-state index contributed by atoms with van der Waals surface area (Å²) >= 11 is 0. The maximum absolute atomic E-state index is 12.7. The van der Waals surface area contributed by atoms with Crippen molar-refractivity contribution in [2.45, 2.75) is 24.6 Å². The van der Waals surface area contributed by atoms with E-state index in [0.717, 1.165) is 17.7 Å². The molecular formula is C17H23ClF3N3O2. The van der Waals surface area contributed by atoms with Crippen molar-refractivity contribution in [3.8, 4) is 0 Å². The Kier molecular flexibility index (Phi) is 6.76. The van der Waals surface area contributed by atoms with Crippen molar-refractivity contribution >= 4 is 18.4 Å². The predicted molar refractivity (Wildman–Crippen MR) is 93.4 cm³/mol. The van der Waals surface area contributed by atoms with Gasteiger partial charge >= 0.3 is 12.2 Å². The molecule has 26 heavy (non-hydrogen) atoms. The van der Waals surface area contributed by atoms with Gasteiger partial charge in [0.05, 0.1) is 18.8 Å². The first-order valence-electron chi connectivity index (χ1n) is 8.39. The molecule has 9 heteroatoms. The molecule has 3 rings (SSSR count). The SMILES string of the molecule is Cl.NC1CC(c2ccc(C(F)(F)F)cc2)CN(C(=O)N2CCOCC2)C1. The van der Waals surface area contributed by atoms with Crippen LogP contribution in [0, 0.1) is 0 Å². The van der Waals surface area contributed by atoms with Gasteiger partial charge in [0, 0.05) is 38.1 Å². The van der Waals surface area contributed by atoms with Crippen LogP contribution < -0.4 is 5.73 Å². The lowest BCUT2D eigenvalue weighted by Gasteiger charge is -2.40. The van der Waals surface area contributed by atoms with E-state index in [4.69, 9.17) is 10.5 Å². The van der Waals surface area contributed by atoms with Crippen LogP contribution in [0.15, 0.2) is 24.3 Å². The minimum atomic E-state index is -4.35. The fourth-order valence-corrected chi connectivity index (χ4v) is 3.43. The van der Waals surface area contributed by atoms with E-state index in [1.54, 1.807) is 9.80 Å². The highest BCUT2D eigenvalue weighted by Crippen LogP contribution is 2.32. The van der Waals surface area contributed by atoms with Crippen molar-refractivity contribution in [1.82, 2.24) is 9.80 Å². The Hall–Kier alpha value is -1.51. The molecular weight excluding hydrogens is 371 g/mol. The van der Waals surface area contributed by atoms with E-state index in [1.807, 2.05) is 0 Å². The summed E-state index contributed by atoms with van der Waals surface area (Å²) in [6, 6.07) is 4.89. The predicted octanol–water partition coefficient (Wildman–Crippen LogP) is 2.70. The highest BCUT2D eigenvalue weighted by Gasteiger charge is 2.33. The second-order valence-corrected chi connectivity index (χ2v) is 6.60. The van der Waals surface area contributed by atoms with Gasteiger partial charge in [0.2, 0.25) is 0 Å². The van der Waals surface area contributed by atoms with Crippen LogP contribution in [0.3, 0.4) is 0 Å². The van der Waals surface area contributed by atoms with Crippen LogP contribution >= 0.6 is 12.4 Å². The Morgan fingerprint density at radius 3 is 2.27 bits per heavy atom. The van der Waals surface area contributed by atoms with Gasteiger partial charge in [-0.1, -0.05) is 12.1 Å². The molecule has 2 N–H and O–H groups in total. The average molecular weight is 394 g/mol. The molecule has 2 fully saturated rings. The monoisotopic (exact) mass is 393 g/mol. The summed E-state index contributed by atoms with van der Waals surface area (Å²) < 4.78 is 43.4. The minimum Gasteiger partial charge on any atom is -0.378 e. The number of amides is 2. The molecule has 1 aromatic carbocycles. The molecule has 0 saturated carbocycles. The summed E-state index contributed by atoms with van der Waals surface area (Å²) in [4.78, 5) is 16.1. The first kappa shape index (κ1) is 20.8. The van der Waals surface area contributed by atoms with E-state index in [-0.39, 0.29) is 30.4 Å². The summed E-state index contributed by atoms with van der Waals surface area (Å²) in [6.07, 6.45) is -3.70. The van der Waals surface area contributed by atoms with Gasteiger partial charge in [-0.25, -0.2) is 4.79 Å². The quantitative estimate of drug-likeness (QED) is 0.798. The van der Waals surface area contributed by atoms with Gasteiger partial charge in [-0.3, -0.25) is 0 Å². The summed E-state index contributed by atoms with van der Waals surface area (Å²) in [5.41, 5.74) is 6.21. The third-order valence-electron chi connectivity index (χ3n) is 4.74. The summed E-state index contributed by atoms with van der Waals surface area (Å²) in [6.45, 7) is 3.08. The number of hydrogen-bond acceptors (Lipinski definition) is 3. The first-order chi connectivity index (χ1) is 11.8. The number of ether oxygens (including phenoxy) is 1. The van der Waals surface area contributed by atoms with Gasteiger partial charge in [-0.15, -0.1) is 12.4 Å². The Morgan fingerprint density at radius 2 is 1.69 bits per heavy atom. The molecule has 0 aliphatic carbocycles. The maximum atomic E-state index is 12.7. The van der Waals surface area contributed by atoms with Crippen molar-refractivity contribution in [2.75, 3.05) is 39.4 Å². The molecule has 146 valence electrons. The van der Waals surface area contributed by atoms with Gasteiger partial charge in [0.15, 0.2) is 0 Å². The summed E-state index contributed by atoms with van der Waals surface area (Å²) in [5, 5.41) is 0. The highest BCUT2D eigenvalue weighted by atomic mass is 35.5. The van der Waals surface area contributed by atoms with Crippen molar-refractivity contribution in [2.24, 2.45) is 5.73 Å². The number of carbonyl (C=O) groups is 1. The number of halogens is 4.